The predicted octanol–water partition coefficient (Wildman–Crippen LogP) is 2.86. The van der Waals surface area contributed by atoms with Gasteiger partial charge in [0.15, 0.2) is 11.5 Å². The maximum absolute atomic E-state index is 12.7. The fourth-order valence-corrected chi connectivity index (χ4v) is 6.42. The number of Topliss-reactive ketones (excluding diaryl/α,β-unsaturated/α-hetero) is 1. The maximum Gasteiger partial charge on any atom is 0.334 e. The summed E-state index contributed by atoms with van der Waals surface area (Å²) in [5.74, 6) is -0.345. The van der Waals surface area contributed by atoms with E-state index in [-0.39, 0.29) is 52.1 Å². The van der Waals surface area contributed by atoms with Gasteiger partial charge < -0.3 is 20.3 Å². The summed E-state index contributed by atoms with van der Waals surface area (Å²) in [6, 6.07) is 0.361. The first-order chi connectivity index (χ1) is 14.7. The molecule has 1 aromatic rings. The van der Waals surface area contributed by atoms with Crippen molar-refractivity contribution in [1.82, 2.24) is 5.32 Å². The van der Waals surface area contributed by atoms with E-state index in [4.69, 9.17) is 4.74 Å². The molecule has 168 valence electrons. The lowest BCUT2D eigenvalue weighted by molar-refractivity contribution is -0.138. The van der Waals surface area contributed by atoms with Crippen molar-refractivity contribution in [3.8, 4) is 17.2 Å². The summed E-state index contributed by atoms with van der Waals surface area (Å²) in [4.78, 5) is 36.7. The molecule has 3 N–H and O–H groups in total. The number of hydrogen-bond donors (Lipinski definition) is 4. The molecule has 2 fully saturated rings. The number of thiol groups is 1. The molecule has 31 heavy (non-hydrogen) atoms. The average molecular weight is 448 g/mol. The molecule has 0 aliphatic heterocycles. The van der Waals surface area contributed by atoms with E-state index in [0.29, 0.717) is 24.2 Å². The van der Waals surface area contributed by atoms with Crippen molar-refractivity contribution < 1.29 is 29.3 Å². The standard InChI is InChI=1S/C23H29NO6S/c1-11(25)24-16(10-31)22(29)30-18-9-17(26)21(28)14-4-3-12-13(20(14)18)7-8-23(2)15(12)5-6-19(23)27/h9,12-13,15-16,26,28,31H,3-8,10H2,1-2H3,(H,24,25)/t12?,13?,15?,16-,23-/m0/s1. The van der Waals surface area contributed by atoms with E-state index in [0.717, 1.165) is 31.2 Å². The van der Waals surface area contributed by atoms with Gasteiger partial charge in [0, 0.05) is 41.7 Å². The van der Waals surface area contributed by atoms with E-state index in [2.05, 4.69) is 24.9 Å². The molecule has 0 aromatic heterocycles. The van der Waals surface area contributed by atoms with Gasteiger partial charge in [-0.1, -0.05) is 6.92 Å². The summed E-state index contributed by atoms with van der Waals surface area (Å²) in [5, 5.41) is 23.3. The number of carbonyl (C=O) groups is 3. The normalized spacial score (nSPS) is 30.0. The van der Waals surface area contributed by atoms with Gasteiger partial charge in [0.25, 0.3) is 0 Å². The Morgan fingerprint density at radius 2 is 2.03 bits per heavy atom. The largest absolute Gasteiger partial charge is 0.504 e. The molecule has 0 spiro atoms. The fraction of sp³-hybridized carbons (Fsp3) is 0.609. The van der Waals surface area contributed by atoms with E-state index >= 15 is 0 Å². The monoisotopic (exact) mass is 447 g/mol. The van der Waals surface area contributed by atoms with Crippen molar-refractivity contribution in [2.24, 2.45) is 17.3 Å². The molecule has 3 unspecified atom stereocenters. The Bertz CT molecular complexity index is 946. The Morgan fingerprint density at radius 1 is 1.29 bits per heavy atom. The summed E-state index contributed by atoms with van der Waals surface area (Å²) in [5.41, 5.74) is 1.07. The second-order valence-corrected chi connectivity index (χ2v) is 9.69. The fourth-order valence-electron chi connectivity index (χ4n) is 6.18. The molecule has 0 heterocycles. The molecule has 2 saturated carbocycles. The van der Waals surface area contributed by atoms with Crippen LogP contribution in [0.5, 0.6) is 17.2 Å². The highest BCUT2D eigenvalue weighted by Crippen LogP contribution is 2.61. The third-order valence-corrected chi connectivity index (χ3v) is 8.05. The number of phenols is 2. The van der Waals surface area contributed by atoms with Gasteiger partial charge >= 0.3 is 5.97 Å². The van der Waals surface area contributed by atoms with E-state index in [1.807, 2.05) is 0 Å². The van der Waals surface area contributed by atoms with Gasteiger partial charge in [0.05, 0.1) is 0 Å². The minimum absolute atomic E-state index is 0.0391. The Balaban J connectivity index is 1.71. The molecule has 8 heteroatoms. The zero-order valence-corrected chi connectivity index (χ0v) is 18.7. The summed E-state index contributed by atoms with van der Waals surface area (Å²) < 4.78 is 5.67. The second-order valence-electron chi connectivity index (χ2n) is 9.32. The maximum atomic E-state index is 12.7. The highest BCUT2D eigenvalue weighted by atomic mass is 32.1. The van der Waals surface area contributed by atoms with Crippen molar-refractivity contribution in [2.75, 3.05) is 5.75 Å². The van der Waals surface area contributed by atoms with Crippen LogP contribution in [0.15, 0.2) is 6.07 Å². The Kier molecular flexibility index (Phi) is 5.70. The smallest absolute Gasteiger partial charge is 0.334 e. The van der Waals surface area contributed by atoms with Gasteiger partial charge in [-0.15, -0.1) is 0 Å². The number of esters is 1. The van der Waals surface area contributed by atoms with Crippen molar-refractivity contribution >= 4 is 30.3 Å². The molecule has 0 radical (unpaired) electrons. The van der Waals surface area contributed by atoms with Crippen molar-refractivity contribution in [3.63, 3.8) is 0 Å². The van der Waals surface area contributed by atoms with Crippen LogP contribution >= 0.6 is 12.6 Å². The van der Waals surface area contributed by atoms with Gasteiger partial charge in [-0.25, -0.2) is 4.79 Å². The highest BCUT2D eigenvalue weighted by molar-refractivity contribution is 7.80. The molecule has 5 atom stereocenters. The molecule has 3 aliphatic rings. The number of nitrogens with one attached hydrogen (secondary N) is 1. The molecule has 1 amide bonds. The van der Waals surface area contributed by atoms with E-state index in [9.17, 15) is 24.6 Å². The molecular weight excluding hydrogens is 418 g/mol. The van der Waals surface area contributed by atoms with Crippen LogP contribution in [0.3, 0.4) is 0 Å². The lowest BCUT2D eigenvalue weighted by Crippen LogP contribution is -2.44. The quantitative estimate of drug-likeness (QED) is 0.244. The first-order valence-corrected chi connectivity index (χ1v) is 11.5. The van der Waals surface area contributed by atoms with Crippen LogP contribution in [0.25, 0.3) is 0 Å². The van der Waals surface area contributed by atoms with Crippen molar-refractivity contribution in [2.45, 2.75) is 64.3 Å². The first kappa shape index (κ1) is 22.0. The Hall–Kier alpha value is -2.22. The molecule has 0 bridgehead atoms. The summed E-state index contributed by atoms with van der Waals surface area (Å²) in [6.45, 7) is 3.39. The summed E-state index contributed by atoms with van der Waals surface area (Å²) in [6.07, 6.45) is 4.37. The first-order valence-electron chi connectivity index (χ1n) is 10.9. The number of fused-ring (bicyclic) bond motifs is 5. The number of aromatic hydroxyl groups is 2. The number of ether oxygens (including phenoxy) is 1. The number of hydrogen-bond acceptors (Lipinski definition) is 7. The number of rotatable bonds is 4. The molecule has 4 rings (SSSR count). The van der Waals surface area contributed by atoms with Crippen molar-refractivity contribution in [1.29, 1.82) is 0 Å². The molecular formula is C23H29NO6S. The van der Waals surface area contributed by atoms with Gasteiger partial charge in [0.2, 0.25) is 5.91 Å². The van der Waals surface area contributed by atoms with Crippen LogP contribution in [0, 0.1) is 17.3 Å². The van der Waals surface area contributed by atoms with E-state index in [1.54, 1.807) is 0 Å². The van der Waals surface area contributed by atoms with Crippen LogP contribution in [0.1, 0.15) is 63.0 Å². The van der Waals surface area contributed by atoms with Crippen molar-refractivity contribution in [3.05, 3.63) is 17.2 Å². The van der Waals surface area contributed by atoms with Crippen LogP contribution in [-0.4, -0.2) is 39.7 Å². The van der Waals surface area contributed by atoms with E-state index in [1.165, 1.54) is 13.0 Å². The summed E-state index contributed by atoms with van der Waals surface area (Å²) >= 11 is 4.13. The van der Waals surface area contributed by atoms with Crippen LogP contribution in [-0.2, 0) is 20.8 Å². The zero-order chi connectivity index (χ0) is 22.5. The number of phenolic OH excluding ortho intramolecular Hbond substituents is 2. The molecule has 1 aromatic carbocycles. The van der Waals surface area contributed by atoms with E-state index < -0.39 is 12.0 Å². The molecule has 3 aliphatic carbocycles. The number of benzene rings is 1. The van der Waals surface area contributed by atoms with Crippen LogP contribution < -0.4 is 10.1 Å². The Morgan fingerprint density at radius 3 is 2.71 bits per heavy atom. The highest BCUT2D eigenvalue weighted by Gasteiger charge is 2.55. The Labute approximate surface area is 187 Å². The molecule has 0 saturated heterocycles. The lowest BCUT2D eigenvalue weighted by Gasteiger charge is -2.48. The topological polar surface area (TPSA) is 113 Å². The summed E-state index contributed by atoms with van der Waals surface area (Å²) in [7, 11) is 0. The lowest BCUT2D eigenvalue weighted by atomic mass is 9.55. The predicted molar refractivity (Wildman–Crippen MR) is 116 cm³/mol. The number of amides is 1. The van der Waals surface area contributed by atoms with Crippen LogP contribution in [0.2, 0.25) is 0 Å². The second kappa shape index (κ2) is 8.04. The van der Waals surface area contributed by atoms with Gasteiger partial charge in [-0.3, -0.25) is 9.59 Å². The minimum Gasteiger partial charge on any atom is -0.504 e. The third kappa shape index (κ3) is 3.58. The van der Waals surface area contributed by atoms with Gasteiger partial charge in [0.1, 0.15) is 17.6 Å². The number of carbonyl (C=O) groups excluding carboxylic acids is 3. The van der Waals surface area contributed by atoms with Crippen LogP contribution in [0.4, 0.5) is 0 Å². The third-order valence-electron chi connectivity index (χ3n) is 7.69. The minimum atomic E-state index is -0.922. The SMILES string of the molecule is CC(=O)N[C@@H](CS)C(=O)Oc1cc(O)c(O)c2c1C1CC[C@]3(C)C(=O)CCC3C1CC2. The van der Waals surface area contributed by atoms with Gasteiger partial charge in [-0.05, 0) is 49.9 Å². The number of ketones is 1. The molecule has 7 nitrogen and oxygen atoms in total. The zero-order valence-electron chi connectivity index (χ0n) is 17.8. The van der Waals surface area contributed by atoms with Gasteiger partial charge in [-0.2, -0.15) is 12.6 Å². The average Bonchev–Trinajstić information content (AvgIpc) is 3.03.